The molecule has 0 fully saturated rings. The number of alkyl halides is 1. The van der Waals surface area contributed by atoms with Gasteiger partial charge in [0.25, 0.3) is 0 Å². The Bertz CT molecular complexity index is 259. The maximum absolute atomic E-state index is 4.46. The average molecular weight is 258 g/mol. The van der Waals surface area contributed by atoms with Gasteiger partial charge < -0.3 is 0 Å². The SMILES string of the molecule is IC1Cc2ccccc2C[N]1. The van der Waals surface area contributed by atoms with Crippen molar-refractivity contribution in [3.05, 3.63) is 35.4 Å². The lowest BCUT2D eigenvalue weighted by molar-refractivity contribution is 0.610. The number of benzene rings is 1. The quantitative estimate of drug-likeness (QED) is 0.384. The lowest BCUT2D eigenvalue weighted by Crippen LogP contribution is -2.24. The Kier molecular flexibility index (Phi) is 2.13. The highest BCUT2D eigenvalue weighted by molar-refractivity contribution is 14.1. The smallest absolute Gasteiger partial charge is 0.0804 e. The molecule has 1 atom stereocenters. The van der Waals surface area contributed by atoms with Crippen LogP contribution in [0.3, 0.4) is 0 Å². The van der Waals surface area contributed by atoms with Crippen molar-refractivity contribution >= 4 is 22.6 Å². The van der Waals surface area contributed by atoms with E-state index in [0.29, 0.717) is 4.05 Å². The van der Waals surface area contributed by atoms with E-state index >= 15 is 0 Å². The van der Waals surface area contributed by atoms with Crippen molar-refractivity contribution in [2.75, 3.05) is 0 Å². The van der Waals surface area contributed by atoms with Gasteiger partial charge in [-0.05, 0) is 17.5 Å². The number of fused-ring (bicyclic) bond motifs is 1. The van der Waals surface area contributed by atoms with Gasteiger partial charge in [0.05, 0.1) is 4.05 Å². The minimum Gasteiger partial charge on any atom is -0.223 e. The molecule has 0 saturated carbocycles. The first kappa shape index (κ1) is 7.55. The molecular weight excluding hydrogens is 249 g/mol. The monoisotopic (exact) mass is 258 g/mol. The average Bonchev–Trinajstić information content (AvgIpc) is 2.04. The zero-order valence-corrected chi connectivity index (χ0v) is 8.28. The van der Waals surface area contributed by atoms with Crippen LogP contribution in [0.2, 0.25) is 0 Å². The van der Waals surface area contributed by atoms with E-state index in [0.717, 1.165) is 13.0 Å². The van der Waals surface area contributed by atoms with Gasteiger partial charge in [-0.25, -0.2) is 5.32 Å². The molecule has 0 amide bonds. The summed E-state index contributed by atoms with van der Waals surface area (Å²) in [6, 6.07) is 8.56. The van der Waals surface area contributed by atoms with Gasteiger partial charge in [-0.1, -0.05) is 46.9 Å². The Hall–Kier alpha value is -0.0900. The van der Waals surface area contributed by atoms with Crippen LogP contribution in [0, 0.1) is 0 Å². The highest BCUT2D eigenvalue weighted by Gasteiger charge is 2.14. The molecule has 0 N–H and O–H groups in total. The maximum Gasteiger partial charge on any atom is 0.0804 e. The molecule has 1 aliphatic heterocycles. The minimum atomic E-state index is 0.488. The first-order valence-corrected chi connectivity index (χ1v) is 4.98. The van der Waals surface area contributed by atoms with E-state index in [2.05, 4.69) is 52.2 Å². The molecule has 1 aliphatic rings. The number of hydrogen-bond donors (Lipinski definition) is 0. The van der Waals surface area contributed by atoms with Gasteiger partial charge in [0.2, 0.25) is 0 Å². The Labute approximate surface area is 80.3 Å². The molecule has 0 aromatic heterocycles. The first-order chi connectivity index (χ1) is 5.36. The van der Waals surface area contributed by atoms with Crippen molar-refractivity contribution < 1.29 is 0 Å². The predicted octanol–water partition coefficient (Wildman–Crippen LogP) is 2.11. The van der Waals surface area contributed by atoms with E-state index in [1.54, 1.807) is 0 Å². The molecule has 0 spiro atoms. The number of rotatable bonds is 0. The zero-order valence-electron chi connectivity index (χ0n) is 6.13. The fourth-order valence-electron chi connectivity index (χ4n) is 1.35. The van der Waals surface area contributed by atoms with Gasteiger partial charge in [0.1, 0.15) is 0 Å². The Morgan fingerprint density at radius 1 is 1.27 bits per heavy atom. The van der Waals surface area contributed by atoms with Gasteiger partial charge in [-0.2, -0.15) is 0 Å². The molecule has 1 aromatic carbocycles. The zero-order chi connectivity index (χ0) is 7.68. The van der Waals surface area contributed by atoms with E-state index < -0.39 is 0 Å². The van der Waals surface area contributed by atoms with Gasteiger partial charge >= 0.3 is 0 Å². The van der Waals surface area contributed by atoms with Crippen molar-refractivity contribution in [3.8, 4) is 0 Å². The second kappa shape index (κ2) is 3.11. The molecule has 0 bridgehead atoms. The molecule has 1 aromatic rings. The summed E-state index contributed by atoms with van der Waals surface area (Å²) in [5.74, 6) is 0. The van der Waals surface area contributed by atoms with E-state index in [1.807, 2.05) is 0 Å². The van der Waals surface area contributed by atoms with Crippen LogP contribution in [0.25, 0.3) is 0 Å². The fraction of sp³-hybridized carbons (Fsp3) is 0.333. The largest absolute Gasteiger partial charge is 0.223 e. The van der Waals surface area contributed by atoms with Crippen LogP contribution in [0.1, 0.15) is 11.1 Å². The normalized spacial score (nSPS) is 22.8. The minimum absolute atomic E-state index is 0.488. The summed E-state index contributed by atoms with van der Waals surface area (Å²) in [6.45, 7) is 0.907. The third-order valence-electron chi connectivity index (χ3n) is 1.97. The van der Waals surface area contributed by atoms with E-state index in [-0.39, 0.29) is 0 Å². The van der Waals surface area contributed by atoms with Crippen molar-refractivity contribution in [3.63, 3.8) is 0 Å². The molecule has 1 radical (unpaired) electrons. The summed E-state index contributed by atoms with van der Waals surface area (Å²) >= 11 is 2.39. The summed E-state index contributed by atoms with van der Waals surface area (Å²) < 4.78 is 0.488. The van der Waals surface area contributed by atoms with Crippen molar-refractivity contribution in [1.29, 1.82) is 0 Å². The molecule has 0 saturated heterocycles. The maximum atomic E-state index is 4.46. The molecule has 2 rings (SSSR count). The van der Waals surface area contributed by atoms with Crippen molar-refractivity contribution in [2.45, 2.75) is 17.0 Å². The molecule has 1 unspecified atom stereocenters. The van der Waals surface area contributed by atoms with Gasteiger partial charge in [0.15, 0.2) is 0 Å². The molecule has 11 heavy (non-hydrogen) atoms. The second-order valence-corrected chi connectivity index (χ2v) is 4.19. The number of hydrogen-bond acceptors (Lipinski definition) is 0. The second-order valence-electron chi connectivity index (χ2n) is 2.75. The van der Waals surface area contributed by atoms with Crippen LogP contribution < -0.4 is 5.32 Å². The summed E-state index contributed by atoms with van der Waals surface area (Å²) in [5, 5.41) is 4.46. The van der Waals surface area contributed by atoms with Gasteiger partial charge in [-0.15, -0.1) is 0 Å². The standard InChI is InChI=1S/C9H9IN/c10-9-5-7-3-1-2-4-8(7)6-11-9/h1-4,9H,5-6H2. The summed E-state index contributed by atoms with van der Waals surface area (Å²) in [4.78, 5) is 0. The lowest BCUT2D eigenvalue weighted by Gasteiger charge is -2.19. The molecular formula is C9H9IN. The molecule has 2 heteroatoms. The summed E-state index contributed by atoms with van der Waals surface area (Å²) in [7, 11) is 0. The molecule has 1 heterocycles. The summed E-state index contributed by atoms with van der Waals surface area (Å²) in [6.07, 6.45) is 1.11. The number of nitrogens with zero attached hydrogens (tertiary/aromatic N) is 1. The van der Waals surface area contributed by atoms with Crippen LogP contribution in [0.15, 0.2) is 24.3 Å². The van der Waals surface area contributed by atoms with Crippen molar-refractivity contribution in [2.24, 2.45) is 0 Å². The van der Waals surface area contributed by atoms with Gasteiger partial charge in [0, 0.05) is 6.54 Å². The Balaban J connectivity index is 2.34. The fourth-order valence-corrected chi connectivity index (χ4v) is 2.03. The van der Waals surface area contributed by atoms with E-state index in [1.165, 1.54) is 11.1 Å². The topological polar surface area (TPSA) is 14.1 Å². The van der Waals surface area contributed by atoms with Crippen molar-refractivity contribution in [1.82, 2.24) is 5.32 Å². The van der Waals surface area contributed by atoms with Crippen LogP contribution in [0.5, 0.6) is 0 Å². The molecule has 0 aliphatic carbocycles. The predicted molar refractivity (Wildman–Crippen MR) is 53.8 cm³/mol. The number of halogens is 1. The van der Waals surface area contributed by atoms with Crippen LogP contribution in [0.4, 0.5) is 0 Å². The third kappa shape index (κ3) is 1.56. The van der Waals surface area contributed by atoms with Crippen LogP contribution >= 0.6 is 22.6 Å². The highest BCUT2D eigenvalue weighted by Crippen LogP contribution is 2.19. The van der Waals surface area contributed by atoms with Gasteiger partial charge in [-0.3, -0.25) is 0 Å². The highest BCUT2D eigenvalue weighted by atomic mass is 127. The van der Waals surface area contributed by atoms with Crippen LogP contribution in [-0.2, 0) is 13.0 Å². The van der Waals surface area contributed by atoms with E-state index in [4.69, 9.17) is 0 Å². The van der Waals surface area contributed by atoms with E-state index in [9.17, 15) is 0 Å². The Morgan fingerprint density at radius 2 is 2.00 bits per heavy atom. The lowest BCUT2D eigenvalue weighted by atomic mass is 10.0. The first-order valence-electron chi connectivity index (χ1n) is 3.74. The molecule has 1 nitrogen and oxygen atoms in total. The summed E-state index contributed by atoms with van der Waals surface area (Å²) in [5.41, 5.74) is 2.88. The Morgan fingerprint density at radius 3 is 2.82 bits per heavy atom. The van der Waals surface area contributed by atoms with Crippen LogP contribution in [-0.4, -0.2) is 4.05 Å². The molecule has 57 valence electrons. The third-order valence-corrected chi connectivity index (χ3v) is 2.80.